The van der Waals surface area contributed by atoms with Crippen molar-refractivity contribution in [3.05, 3.63) is 0 Å². The Bertz CT molecular complexity index is 57.6. The molecule has 1 unspecified atom stereocenters. The van der Waals surface area contributed by atoms with E-state index < -0.39 is 0 Å². The zero-order valence-electron chi connectivity index (χ0n) is 7.39. The molecule has 0 aromatic carbocycles. The van der Waals surface area contributed by atoms with E-state index in [2.05, 4.69) is 24.9 Å². The molecule has 0 rings (SSSR count). The second-order valence-corrected chi connectivity index (χ2v) is 2.43. The summed E-state index contributed by atoms with van der Waals surface area (Å²) >= 11 is 0. The minimum atomic E-state index is -0.324. The van der Waals surface area contributed by atoms with Gasteiger partial charge in [-0.05, 0) is 26.4 Å². The fraction of sp³-hybridized carbons (Fsp3) is 1.00. The molecule has 0 aliphatic carbocycles. The van der Waals surface area contributed by atoms with Gasteiger partial charge in [-0.1, -0.05) is 13.8 Å². The summed E-state index contributed by atoms with van der Waals surface area (Å²) in [6, 6.07) is 0. The highest BCUT2D eigenvalue weighted by atomic mass is 16.3. The van der Waals surface area contributed by atoms with Gasteiger partial charge in [0.2, 0.25) is 0 Å². The first-order chi connectivity index (χ1) is 4.66. The minimum absolute atomic E-state index is 0.324. The topological polar surface area (TPSA) is 58.3 Å². The number of hydrogen-bond acceptors (Lipinski definition) is 3. The molecule has 64 valence electrons. The number of aliphatic hydroxyl groups is 1. The van der Waals surface area contributed by atoms with E-state index >= 15 is 0 Å². The fourth-order valence-electron chi connectivity index (χ4n) is 0.564. The maximum atomic E-state index is 8.92. The molecule has 0 radical (unpaired) electrons. The van der Waals surface area contributed by atoms with Crippen molar-refractivity contribution < 1.29 is 5.11 Å². The first-order valence-corrected chi connectivity index (χ1v) is 3.60. The van der Waals surface area contributed by atoms with Crippen LogP contribution in [-0.2, 0) is 0 Å². The van der Waals surface area contributed by atoms with Crippen LogP contribution in [0.2, 0.25) is 0 Å². The summed E-state index contributed by atoms with van der Waals surface area (Å²) in [6.07, 6.45) is 0.506. The molecular weight excluding hydrogens is 128 g/mol. The number of nitrogens with one attached hydrogen (secondary N) is 1. The lowest BCUT2D eigenvalue weighted by Crippen LogP contribution is -2.25. The summed E-state index contributed by atoms with van der Waals surface area (Å²) in [5, 5.41) is 11.7. The molecule has 4 N–H and O–H groups in total. The Hall–Kier alpha value is -0.120. The van der Waals surface area contributed by atoms with Crippen LogP contribution < -0.4 is 11.1 Å². The quantitative estimate of drug-likeness (QED) is 0.499. The molecule has 0 saturated heterocycles. The van der Waals surface area contributed by atoms with Gasteiger partial charge < -0.3 is 10.8 Å². The lowest BCUT2D eigenvalue weighted by molar-refractivity contribution is 0.122. The van der Waals surface area contributed by atoms with E-state index in [-0.39, 0.29) is 6.23 Å². The van der Waals surface area contributed by atoms with Crippen molar-refractivity contribution in [3.8, 4) is 0 Å². The zero-order valence-corrected chi connectivity index (χ0v) is 7.39. The molecule has 0 aliphatic rings. The third-order valence-corrected chi connectivity index (χ3v) is 1.03. The lowest BCUT2D eigenvalue weighted by atomic mass is 10.1. The third kappa shape index (κ3) is 10.8. The van der Waals surface area contributed by atoms with Crippen LogP contribution in [0.25, 0.3) is 0 Å². The Morgan fingerprint density at radius 3 is 1.90 bits per heavy atom. The van der Waals surface area contributed by atoms with E-state index in [9.17, 15) is 0 Å². The zero-order chi connectivity index (χ0) is 8.57. The van der Waals surface area contributed by atoms with Crippen LogP contribution in [0.4, 0.5) is 0 Å². The van der Waals surface area contributed by atoms with E-state index in [1.807, 2.05) is 0 Å². The molecule has 0 heterocycles. The van der Waals surface area contributed by atoms with Crippen molar-refractivity contribution in [2.45, 2.75) is 26.5 Å². The average Bonchev–Trinajstić information content (AvgIpc) is 1.91. The molecule has 0 fully saturated rings. The third-order valence-electron chi connectivity index (χ3n) is 1.03. The van der Waals surface area contributed by atoms with Crippen LogP contribution in [0.5, 0.6) is 0 Å². The predicted molar refractivity (Wildman–Crippen MR) is 44.6 cm³/mol. The Morgan fingerprint density at radius 2 is 1.80 bits per heavy atom. The van der Waals surface area contributed by atoms with Gasteiger partial charge in [-0.2, -0.15) is 0 Å². The maximum absolute atomic E-state index is 8.92. The molecular formula is C7H20N2O. The van der Waals surface area contributed by atoms with Crippen molar-refractivity contribution in [1.82, 2.24) is 5.32 Å². The summed E-state index contributed by atoms with van der Waals surface area (Å²) in [5.74, 6) is 0.567. The molecule has 0 bridgehead atoms. The normalized spacial score (nSPS) is 12.3. The Morgan fingerprint density at radius 1 is 1.40 bits per heavy atom. The van der Waals surface area contributed by atoms with Crippen molar-refractivity contribution in [2.24, 2.45) is 11.7 Å². The largest absolute Gasteiger partial charge is 0.379 e. The van der Waals surface area contributed by atoms with Gasteiger partial charge in [0, 0.05) is 0 Å². The van der Waals surface area contributed by atoms with Gasteiger partial charge in [0.05, 0.1) is 0 Å². The summed E-state index contributed by atoms with van der Waals surface area (Å²) in [7, 11) is 3.26. The molecule has 3 nitrogen and oxygen atoms in total. The maximum Gasteiger partial charge on any atom is 0.104 e. The minimum Gasteiger partial charge on any atom is -0.379 e. The van der Waals surface area contributed by atoms with Crippen LogP contribution >= 0.6 is 0 Å². The Balaban J connectivity index is 0. The van der Waals surface area contributed by atoms with Crippen LogP contribution in [-0.4, -0.2) is 25.4 Å². The highest BCUT2D eigenvalue weighted by Crippen LogP contribution is 2.00. The second-order valence-electron chi connectivity index (χ2n) is 2.43. The van der Waals surface area contributed by atoms with E-state index in [1.165, 1.54) is 7.05 Å². The molecule has 0 spiro atoms. The van der Waals surface area contributed by atoms with E-state index in [0.29, 0.717) is 5.92 Å². The van der Waals surface area contributed by atoms with Crippen molar-refractivity contribution in [3.63, 3.8) is 0 Å². The average molecular weight is 148 g/mol. The van der Waals surface area contributed by atoms with Gasteiger partial charge >= 0.3 is 0 Å². The van der Waals surface area contributed by atoms with Gasteiger partial charge in [0.1, 0.15) is 6.23 Å². The highest BCUT2D eigenvalue weighted by Gasteiger charge is 2.01. The van der Waals surface area contributed by atoms with Crippen LogP contribution in [0.1, 0.15) is 20.3 Å². The van der Waals surface area contributed by atoms with E-state index in [0.717, 1.165) is 6.42 Å². The van der Waals surface area contributed by atoms with Gasteiger partial charge in [-0.25, -0.2) is 0 Å². The molecule has 1 atom stereocenters. The van der Waals surface area contributed by atoms with E-state index in [4.69, 9.17) is 5.11 Å². The Kier molecular flexibility index (Phi) is 11.1. The predicted octanol–water partition coefficient (Wildman–Crippen LogP) is 0.145. The Labute approximate surface area is 63.6 Å². The van der Waals surface area contributed by atoms with Gasteiger partial charge in [-0.3, -0.25) is 5.32 Å². The summed E-state index contributed by atoms with van der Waals surface area (Å²) in [4.78, 5) is 0. The molecule has 0 amide bonds. The van der Waals surface area contributed by atoms with Crippen LogP contribution in [0.15, 0.2) is 0 Å². The second kappa shape index (κ2) is 8.88. The molecule has 0 aromatic heterocycles. The summed E-state index contributed by atoms with van der Waals surface area (Å²) in [6.45, 7) is 4.17. The molecule has 0 saturated carbocycles. The molecule has 3 heteroatoms. The highest BCUT2D eigenvalue weighted by molar-refractivity contribution is 4.51. The van der Waals surface area contributed by atoms with Gasteiger partial charge in [0.25, 0.3) is 0 Å². The fourth-order valence-corrected chi connectivity index (χ4v) is 0.564. The number of rotatable bonds is 3. The first-order valence-electron chi connectivity index (χ1n) is 3.60. The van der Waals surface area contributed by atoms with Gasteiger partial charge in [-0.15, -0.1) is 0 Å². The summed E-state index contributed by atoms with van der Waals surface area (Å²) < 4.78 is 0. The standard InChI is InChI=1S/C6H15NO.CH5N/c1-5(2)4-6(8)7-3;1-2/h5-8H,4H2,1-3H3;2H2,1H3. The monoisotopic (exact) mass is 148 g/mol. The smallest absolute Gasteiger partial charge is 0.104 e. The van der Waals surface area contributed by atoms with E-state index in [1.54, 1.807) is 7.05 Å². The van der Waals surface area contributed by atoms with Crippen LogP contribution in [0, 0.1) is 5.92 Å². The first kappa shape index (κ1) is 12.5. The van der Waals surface area contributed by atoms with Crippen LogP contribution in [0.3, 0.4) is 0 Å². The van der Waals surface area contributed by atoms with Crippen molar-refractivity contribution in [2.75, 3.05) is 14.1 Å². The molecule has 0 aromatic rings. The number of hydrogen-bond donors (Lipinski definition) is 3. The number of aliphatic hydroxyl groups excluding tert-OH is 1. The van der Waals surface area contributed by atoms with Crippen molar-refractivity contribution in [1.29, 1.82) is 0 Å². The molecule has 0 aliphatic heterocycles. The SMILES string of the molecule is CN.CNC(O)CC(C)C. The number of nitrogens with two attached hydrogens (primary N) is 1. The van der Waals surface area contributed by atoms with Crippen molar-refractivity contribution >= 4 is 0 Å². The summed E-state index contributed by atoms with van der Waals surface area (Å²) in [5.41, 5.74) is 4.50. The lowest BCUT2D eigenvalue weighted by Gasteiger charge is -2.10. The van der Waals surface area contributed by atoms with Gasteiger partial charge in [0.15, 0.2) is 0 Å². The molecule has 10 heavy (non-hydrogen) atoms.